The number of piperidine rings is 1. The Morgan fingerprint density at radius 3 is 2.62 bits per heavy atom. The normalized spacial score (nSPS) is 25.1. The fourth-order valence-corrected chi connectivity index (χ4v) is 3.85. The van der Waals surface area contributed by atoms with Gasteiger partial charge in [-0.1, -0.05) is 30.3 Å². The van der Waals surface area contributed by atoms with Gasteiger partial charge >= 0.3 is 0 Å². The lowest BCUT2D eigenvalue weighted by Gasteiger charge is -2.49. The van der Waals surface area contributed by atoms with Crippen LogP contribution in [0.5, 0.6) is 0 Å². The highest BCUT2D eigenvalue weighted by atomic mass is 19.3. The van der Waals surface area contributed by atoms with Crippen LogP contribution in [0.1, 0.15) is 31.2 Å². The largest absolute Gasteiger partial charge is 0.394 e. The van der Waals surface area contributed by atoms with E-state index in [0.717, 1.165) is 12.8 Å². The lowest BCUT2D eigenvalue weighted by atomic mass is 9.61. The van der Waals surface area contributed by atoms with Crippen molar-refractivity contribution in [1.29, 1.82) is 0 Å². The van der Waals surface area contributed by atoms with Crippen LogP contribution in [0.3, 0.4) is 0 Å². The molecular weight excluding hydrogens is 316 g/mol. The summed E-state index contributed by atoms with van der Waals surface area (Å²) in [6.07, 6.45) is 0.605. The van der Waals surface area contributed by atoms with Crippen LogP contribution in [0.2, 0.25) is 0 Å². The van der Waals surface area contributed by atoms with Gasteiger partial charge in [0.05, 0.1) is 24.7 Å². The second kappa shape index (κ2) is 6.76. The van der Waals surface area contributed by atoms with Crippen molar-refractivity contribution >= 4 is 5.91 Å². The second-order valence-electron chi connectivity index (χ2n) is 6.77. The summed E-state index contributed by atoms with van der Waals surface area (Å²) < 4.78 is 32.9. The highest BCUT2D eigenvalue weighted by Crippen LogP contribution is 2.54. The predicted molar refractivity (Wildman–Crippen MR) is 84.9 cm³/mol. The molecule has 1 saturated carbocycles. The predicted octanol–water partition coefficient (Wildman–Crippen LogP) is 2.35. The molecule has 24 heavy (non-hydrogen) atoms. The number of carbonyl (C=O) groups is 1. The van der Waals surface area contributed by atoms with Crippen LogP contribution < -0.4 is 0 Å². The molecule has 0 radical (unpaired) electrons. The first-order valence-corrected chi connectivity index (χ1v) is 8.42. The van der Waals surface area contributed by atoms with Crippen LogP contribution in [0.25, 0.3) is 0 Å². The number of amides is 1. The van der Waals surface area contributed by atoms with Gasteiger partial charge in [0.2, 0.25) is 5.91 Å². The van der Waals surface area contributed by atoms with E-state index in [9.17, 15) is 13.6 Å². The van der Waals surface area contributed by atoms with E-state index in [1.165, 1.54) is 0 Å². The standard InChI is InChI=1S/C18H23F2NO3/c19-18(20)12-17(13-18,14-5-2-1-3-6-14)16(23)21-8-4-7-15(11-21)24-10-9-22/h1-3,5-6,15,22H,4,7-13H2. The summed E-state index contributed by atoms with van der Waals surface area (Å²) in [7, 11) is 0. The zero-order valence-electron chi connectivity index (χ0n) is 13.6. The first-order chi connectivity index (χ1) is 11.5. The Morgan fingerprint density at radius 1 is 1.29 bits per heavy atom. The molecule has 1 N–H and O–H groups in total. The molecule has 1 aliphatic carbocycles. The average molecular weight is 339 g/mol. The smallest absolute Gasteiger partial charge is 0.250 e. The molecule has 2 fully saturated rings. The minimum absolute atomic E-state index is 0.0649. The monoisotopic (exact) mass is 339 g/mol. The van der Waals surface area contributed by atoms with Crippen LogP contribution in [0.15, 0.2) is 30.3 Å². The molecular formula is C18H23F2NO3. The van der Waals surface area contributed by atoms with Crippen molar-refractivity contribution in [3.05, 3.63) is 35.9 Å². The van der Waals surface area contributed by atoms with Crippen molar-refractivity contribution in [1.82, 2.24) is 4.90 Å². The molecule has 6 heteroatoms. The molecule has 1 aromatic rings. The molecule has 1 amide bonds. The third kappa shape index (κ3) is 3.30. The van der Waals surface area contributed by atoms with Crippen molar-refractivity contribution in [2.24, 2.45) is 0 Å². The molecule has 2 aliphatic rings. The number of rotatable bonds is 5. The number of halogens is 2. The molecule has 4 nitrogen and oxygen atoms in total. The number of aliphatic hydroxyl groups excluding tert-OH is 1. The zero-order valence-corrected chi connectivity index (χ0v) is 13.6. The first-order valence-electron chi connectivity index (χ1n) is 8.42. The first kappa shape index (κ1) is 17.3. The number of carbonyl (C=O) groups excluding carboxylic acids is 1. The maximum Gasteiger partial charge on any atom is 0.250 e. The Labute approximate surface area is 140 Å². The zero-order chi connectivity index (χ0) is 17.2. The van der Waals surface area contributed by atoms with E-state index in [0.29, 0.717) is 18.7 Å². The lowest BCUT2D eigenvalue weighted by molar-refractivity contribution is -0.171. The van der Waals surface area contributed by atoms with E-state index < -0.39 is 24.2 Å². The number of aliphatic hydroxyl groups is 1. The van der Waals surface area contributed by atoms with E-state index >= 15 is 0 Å². The molecule has 0 aromatic heterocycles. The van der Waals surface area contributed by atoms with Gasteiger partial charge in [-0.15, -0.1) is 0 Å². The molecule has 1 saturated heterocycles. The Balaban J connectivity index is 1.77. The molecule has 1 aliphatic heterocycles. The summed E-state index contributed by atoms with van der Waals surface area (Å²) in [5.41, 5.74) is -0.455. The maximum atomic E-state index is 13.7. The molecule has 1 aromatic carbocycles. The topological polar surface area (TPSA) is 49.8 Å². The Morgan fingerprint density at radius 2 is 2.00 bits per heavy atom. The van der Waals surface area contributed by atoms with Crippen LogP contribution in [-0.4, -0.2) is 54.2 Å². The summed E-state index contributed by atoms with van der Waals surface area (Å²) in [5, 5.41) is 8.87. The maximum absolute atomic E-state index is 13.7. The number of likely N-dealkylation sites (tertiary alicyclic amines) is 1. The summed E-state index contributed by atoms with van der Waals surface area (Å²) in [6, 6.07) is 8.90. The number of alkyl halides is 2. The Bertz CT molecular complexity index is 571. The van der Waals surface area contributed by atoms with Gasteiger partial charge in [-0.25, -0.2) is 8.78 Å². The number of hydrogen-bond donors (Lipinski definition) is 1. The molecule has 3 rings (SSSR count). The average Bonchev–Trinajstić information content (AvgIpc) is 2.58. The third-order valence-corrected chi connectivity index (χ3v) is 4.97. The van der Waals surface area contributed by atoms with Crippen LogP contribution in [-0.2, 0) is 14.9 Å². The Hall–Kier alpha value is -1.53. The summed E-state index contributed by atoms with van der Waals surface area (Å²) in [5.74, 6) is -3.01. The third-order valence-electron chi connectivity index (χ3n) is 4.97. The summed E-state index contributed by atoms with van der Waals surface area (Å²) in [4.78, 5) is 14.8. The fraction of sp³-hybridized carbons (Fsp3) is 0.611. The minimum Gasteiger partial charge on any atom is -0.394 e. The SMILES string of the molecule is O=C(N1CCCC(OCCO)C1)C1(c2ccccc2)CC(F)(F)C1. The molecule has 132 valence electrons. The van der Waals surface area contributed by atoms with E-state index in [1.807, 2.05) is 6.07 Å². The van der Waals surface area contributed by atoms with E-state index in [-0.39, 0.29) is 25.2 Å². The molecule has 1 atom stereocenters. The fourth-order valence-electron chi connectivity index (χ4n) is 3.85. The van der Waals surface area contributed by atoms with E-state index in [1.54, 1.807) is 29.2 Å². The van der Waals surface area contributed by atoms with Gasteiger partial charge in [0, 0.05) is 25.9 Å². The summed E-state index contributed by atoms with van der Waals surface area (Å²) in [6.45, 7) is 1.14. The number of ether oxygens (including phenoxy) is 1. The number of benzene rings is 1. The Kier molecular flexibility index (Phi) is 4.88. The van der Waals surface area contributed by atoms with Crippen molar-refractivity contribution < 1.29 is 23.4 Å². The highest BCUT2D eigenvalue weighted by molar-refractivity contribution is 5.90. The van der Waals surface area contributed by atoms with Crippen LogP contribution in [0, 0.1) is 0 Å². The minimum atomic E-state index is -2.78. The van der Waals surface area contributed by atoms with Crippen molar-refractivity contribution in [3.8, 4) is 0 Å². The van der Waals surface area contributed by atoms with Gasteiger partial charge in [0.1, 0.15) is 0 Å². The molecule has 1 unspecified atom stereocenters. The molecule has 1 heterocycles. The van der Waals surface area contributed by atoms with Gasteiger partial charge in [-0.3, -0.25) is 4.79 Å². The second-order valence-corrected chi connectivity index (χ2v) is 6.77. The molecule has 0 bridgehead atoms. The van der Waals surface area contributed by atoms with Gasteiger partial charge < -0.3 is 14.7 Å². The van der Waals surface area contributed by atoms with Crippen LogP contribution in [0.4, 0.5) is 8.78 Å². The van der Waals surface area contributed by atoms with E-state index in [4.69, 9.17) is 9.84 Å². The number of hydrogen-bond acceptors (Lipinski definition) is 3. The van der Waals surface area contributed by atoms with Crippen molar-refractivity contribution in [3.63, 3.8) is 0 Å². The number of nitrogens with zero attached hydrogens (tertiary/aromatic N) is 1. The van der Waals surface area contributed by atoms with Crippen LogP contribution >= 0.6 is 0 Å². The highest BCUT2D eigenvalue weighted by Gasteiger charge is 2.62. The van der Waals surface area contributed by atoms with Gasteiger partial charge in [-0.05, 0) is 18.4 Å². The van der Waals surface area contributed by atoms with E-state index in [2.05, 4.69) is 0 Å². The summed E-state index contributed by atoms with van der Waals surface area (Å²) >= 11 is 0. The van der Waals surface area contributed by atoms with Crippen molar-refractivity contribution in [2.45, 2.75) is 43.1 Å². The molecule has 0 spiro atoms. The van der Waals surface area contributed by atoms with Gasteiger partial charge in [0.15, 0.2) is 0 Å². The van der Waals surface area contributed by atoms with Gasteiger partial charge in [0.25, 0.3) is 5.92 Å². The lowest BCUT2D eigenvalue weighted by Crippen LogP contribution is -2.60. The quantitative estimate of drug-likeness (QED) is 0.896. The van der Waals surface area contributed by atoms with Gasteiger partial charge in [-0.2, -0.15) is 0 Å². The van der Waals surface area contributed by atoms with Crippen molar-refractivity contribution in [2.75, 3.05) is 26.3 Å².